The highest BCUT2D eigenvalue weighted by atomic mass is 19.1. The Bertz CT molecular complexity index is 1110. The molecule has 2 heterocycles. The third kappa shape index (κ3) is 4.64. The Morgan fingerprint density at radius 1 is 1.19 bits per heavy atom. The van der Waals surface area contributed by atoms with Crippen LogP contribution < -0.4 is 21.3 Å². The molecule has 2 atom stereocenters. The van der Waals surface area contributed by atoms with Crippen molar-refractivity contribution < 1.29 is 9.18 Å². The fourth-order valence-electron chi connectivity index (χ4n) is 4.00. The summed E-state index contributed by atoms with van der Waals surface area (Å²) in [5.74, 6) is 0.533. The molecule has 0 radical (unpaired) electrons. The molecule has 2 unspecified atom stereocenters. The molecule has 32 heavy (non-hydrogen) atoms. The molecule has 166 valence electrons. The van der Waals surface area contributed by atoms with Crippen LogP contribution in [0.1, 0.15) is 18.9 Å². The molecule has 4 N–H and O–H groups in total. The van der Waals surface area contributed by atoms with Crippen LogP contribution in [-0.4, -0.2) is 35.5 Å². The van der Waals surface area contributed by atoms with E-state index in [-0.39, 0.29) is 23.6 Å². The quantitative estimate of drug-likeness (QED) is 0.515. The van der Waals surface area contributed by atoms with E-state index >= 15 is 0 Å². The molecule has 0 bridgehead atoms. The Morgan fingerprint density at radius 2 is 1.97 bits per heavy atom. The van der Waals surface area contributed by atoms with Crippen LogP contribution in [0, 0.1) is 11.7 Å². The second-order valence-corrected chi connectivity index (χ2v) is 8.06. The SMILES string of the molecule is CNc1nc(-c2ccc(N)c(F)c2)cc(N2CC(C(=O)NCc3ccccc3)CC2C)n1. The van der Waals surface area contributed by atoms with E-state index in [9.17, 15) is 9.18 Å². The molecule has 8 heteroatoms. The summed E-state index contributed by atoms with van der Waals surface area (Å²) in [4.78, 5) is 24.0. The van der Waals surface area contributed by atoms with E-state index in [0.29, 0.717) is 36.1 Å². The van der Waals surface area contributed by atoms with Gasteiger partial charge in [-0.05, 0) is 31.0 Å². The molecule has 1 amide bonds. The molecule has 1 aromatic heterocycles. The maximum absolute atomic E-state index is 14.0. The summed E-state index contributed by atoms with van der Waals surface area (Å²) >= 11 is 0. The second-order valence-electron chi connectivity index (χ2n) is 8.06. The minimum absolute atomic E-state index is 0.0342. The lowest BCUT2D eigenvalue weighted by Gasteiger charge is -2.23. The third-order valence-corrected chi connectivity index (χ3v) is 5.78. The number of hydrogen-bond acceptors (Lipinski definition) is 6. The van der Waals surface area contributed by atoms with Crippen molar-refractivity contribution in [3.8, 4) is 11.3 Å². The molecule has 0 saturated carbocycles. The molecule has 1 saturated heterocycles. The van der Waals surface area contributed by atoms with Crippen LogP contribution in [0.15, 0.2) is 54.6 Å². The van der Waals surface area contributed by atoms with Gasteiger partial charge in [0.2, 0.25) is 11.9 Å². The lowest BCUT2D eigenvalue weighted by Crippen LogP contribution is -2.33. The number of anilines is 3. The molecule has 3 aromatic rings. The first kappa shape index (κ1) is 21.5. The molecule has 0 aliphatic carbocycles. The number of amides is 1. The van der Waals surface area contributed by atoms with E-state index in [0.717, 1.165) is 12.0 Å². The van der Waals surface area contributed by atoms with Crippen LogP contribution in [0.25, 0.3) is 11.3 Å². The lowest BCUT2D eigenvalue weighted by molar-refractivity contribution is -0.124. The average molecular weight is 435 g/mol. The number of carbonyl (C=O) groups excluding carboxylic acids is 1. The summed E-state index contributed by atoms with van der Waals surface area (Å²) in [6, 6.07) is 16.4. The lowest BCUT2D eigenvalue weighted by atomic mass is 10.1. The van der Waals surface area contributed by atoms with Crippen molar-refractivity contribution in [1.82, 2.24) is 15.3 Å². The van der Waals surface area contributed by atoms with Crippen molar-refractivity contribution in [2.24, 2.45) is 5.92 Å². The van der Waals surface area contributed by atoms with Gasteiger partial charge < -0.3 is 21.3 Å². The van der Waals surface area contributed by atoms with Gasteiger partial charge in [0.15, 0.2) is 0 Å². The van der Waals surface area contributed by atoms with Gasteiger partial charge >= 0.3 is 0 Å². The van der Waals surface area contributed by atoms with E-state index in [4.69, 9.17) is 5.73 Å². The fourth-order valence-corrected chi connectivity index (χ4v) is 4.00. The van der Waals surface area contributed by atoms with Gasteiger partial charge in [-0.3, -0.25) is 4.79 Å². The normalized spacial score (nSPS) is 17.9. The average Bonchev–Trinajstić information content (AvgIpc) is 3.21. The predicted molar refractivity (Wildman–Crippen MR) is 125 cm³/mol. The standard InChI is InChI=1S/C24H27FN6O/c1-15-10-18(23(32)28-13-16-6-4-3-5-7-16)14-31(15)22-12-21(29-24(27-2)30-22)17-8-9-20(26)19(25)11-17/h3-9,11-12,15,18H,10,13-14,26H2,1-2H3,(H,28,32)(H,27,29,30). The van der Waals surface area contributed by atoms with Crippen molar-refractivity contribution in [3.05, 3.63) is 66.0 Å². The number of nitrogen functional groups attached to an aromatic ring is 1. The van der Waals surface area contributed by atoms with Crippen LogP contribution in [0.5, 0.6) is 0 Å². The van der Waals surface area contributed by atoms with Gasteiger partial charge in [0, 0.05) is 37.8 Å². The molecule has 1 aliphatic heterocycles. The zero-order chi connectivity index (χ0) is 22.7. The van der Waals surface area contributed by atoms with Crippen molar-refractivity contribution >= 4 is 23.4 Å². The van der Waals surface area contributed by atoms with Crippen molar-refractivity contribution in [1.29, 1.82) is 0 Å². The summed E-state index contributed by atoms with van der Waals surface area (Å²) in [5.41, 5.74) is 7.97. The van der Waals surface area contributed by atoms with Gasteiger partial charge in [0.25, 0.3) is 0 Å². The van der Waals surface area contributed by atoms with Gasteiger partial charge in [-0.2, -0.15) is 4.98 Å². The van der Waals surface area contributed by atoms with Crippen molar-refractivity contribution in [2.45, 2.75) is 25.9 Å². The van der Waals surface area contributed by atoms with Crippen LogP contribution in [0.3, 0.4) is 0 Å². The monoisotopic (exact) mass is 434 g/mol. The van der Waals surface area contributed by atoms with E-state index < -0.39 is 5.82 Å². The Morgan fingerprint density at radius 3 is 2.69 bits per heavy atom. The summed E-state index contributed by atoms with van der Waals surface area (Å²) in [6.45, 7) is 3.14. The van der Waals surface area contributed by atoms with Gasteiger partial charge in [0.1, 0.15) is 11.6 Å². The third-order valence-electron chi connectivity index (χ3n) is 5.78. The maximum Gasteiger partial charge on any atom is 0.225 e. The summed E-state index contributed by atoms with van der Waals surface area (Å²) in [5, 5.41) is 6.01. The van der Waals surface area contributed by atoms with E-state index in [1.54, 1.807) is 13.1 Å². The first-order valence-corrected chi connectivity index (χ1v) is 10.6. The molecular formula is C24H27FN6O. The van der Waals surface area contributed by atoms with Crippen molar-refractivity contribution in [2.75, 3.05) is 29.5 Å². The first-order valence-electron chi connectivity index (χ1n) is 10.6. The fraction of sp³-hybridized carbons (Fsp3) is 0.292. The highest BCUT2D eigenvalue weighted by Gasteiger charge is 2.34. The van der Waals surface area contributed by atoms with Gasteiger partial charge in [-0.1, -0.05) is 36.4 Å². The van der Waals surface area contributed by atoms with Gasteiger partial charge in [-0.25, -0.2) is 9.37 Å². The summed E-state index contributed by atoms with van der Waals surface area (Å²) in [6.07, 6.45) is 0.728. The van der Waals surface area contributed by atoms with Crippen LogP contribution >= 0.6 is 0 Å². The Kier molecular flexibility index (Phi) is 6.20. The number of benzene rings is 2. The van der Waals surface area contributed by atoms with E-state index in [2.05, 4.69) is 32.4 Å². The molecular weight excluding hydrogens is 407 g/mol. The highest BCUT2D eigenvalue weighted by Crippen LogP contribution is 2.31. The maximum atomic E-state index is 14.0. The summed E-state index contributed by atoms with van der Waals surface area (Å²) < 4.78 is 14.0. The second kappa shape index (κ2) is 9.21. The number of rotatable bonds is 6. The minimum atomic E-state index is -0.488. The predicted octanol–water partition coefficient (Wildman–Crippen LogP) is 3.44. The van der Waals surface area contributed by atoms with E-state index in [1.165, 1.54) is 12.1 Å². The number of hydrogen-bond donors (Lipinski definition) is 3. The molecule has 7 nitrogen and oxygen atoms in total. The minimum Gasteiger partial charge on any atom is -0.396 e. The number of nitrogens with two attached hydrogens (primary N) is 1. The number of halogens is 1. The zero-order valence-corrected chi connectivity index (χ0v) is 18.2. The molecule has 4 rings (SSSR count). The Labute approximate surface area is 186 Å². The molecule has 0 spiro atoms. The Hall–Kier alpha value is -3.68. The number of carbonyl (C=O) groups is 1. The van der Waals surface area contributed by atoms with Gasteiger partial charge in [0.05, 0.1) is 17.3 Å². The molecule has 1 fully saturated rings. The topological polar surface area (TPSA) is 96.2 Å². The number of nitrogens with zero attached hydrogens (tertiary/aromatic N) is 3. The largest absolute Gasteiger partial charge is 0.396 e. The molecule has 1 aliphatic rings. The number of nitrogens with one attached hydrogen (secondary N) is 2. The van der Waals surface area contributed by atoms with Gasteiger partial charge in [-0.15, -0.1) is 0 Å². The van der Waals surface area contributed by atoms with Crippen LogP contribution in [-0.2, 0) is 11.3 Å². The summed E-state index contributed by atoms with van der Waals surface area (Å²) in [7, 11) is 1.74. The van der Waals surface area contributed by atoms with Crippen molar-refractivity contribution in [3.63, 3.8) is 0 Å². The zero-order valence-electron chi connectivity index (χ0n) is 18.2. The first-order chi connectivity index (χ1) is 15.4. The smallest absolute Gasteiger partial charge is 0.225 e. The highest BCUT2D eigenvalue weighted by molar-refractivity contribution is 5.80. The van der Waals surface area contributed by atoms with Crippen LogP contribution in [0.2, 0.25) is 0 Å². The molecule has 2 aromatic carbocycles. The Balaban J connectivity index is 1.52. The van der Waals surface area contributed by atoms with Crippen LogP contribution in [0.4, 0.5) is 21.8 Å². The van der Waals surface area contributed by atoms with E-state index in [1.807, 2.05) is 36.4 Å². The number of aromatic nitrogens is 2.